The lowest BCUT2D eigenvalue weighted by Crippen LogP contribution is -2.23. The molecule has 5 rings (SSSR count). The van der Waals surface area contributed by atoms with Crippen molar-refractivity contribution in [1.82, 2.24) is 14.5 Å². The van der Waals surface area contributed by atoms with E-state index in [-0.39, 0.29) is 56.2 Å². The normalized spacial score (nSPS) is 14.2. The average Bonchev–Trinajstić information content (AvgIpc) is 3.13. The molecule has 0 atom stereocenters. The predicted octanol–water partition coefficient (Wildman–Crippen LogP) is 5.32. The smallest absolute Gasteiger partial charge is 0.250 e. The van der Waals surface area contributed by atoms with Crippen LogP contribution < -0.4 is 11.1 Å². The van der Waals surface area contributed by atoms with Gasteiger partial charge in [-0.25, -0.2) is 27.3 Å². The molecule has 0 unspecified atom stereocenters. The highest BCUT2D eigenvalue weighted by atomic mass is 32.2. The number of aromatic nitrogens is 3. The number of nitrogens with zero attached hydrogens (tertiary/aromatic N) is 4. The summed E-state index contributed by atoms with van der Waals surface area (Å²) < 4.78 is 64.3. The van der Waals surface area contributed by atoms with E-state index in [0.717, 1.165) is 18.2 Å². The highest BCUT2D eigenvalue weighted by molar-refractivity contribution is 7.95. The molecule has 2 aromatic heterocycles. The Morgan fingerprint density at radius 2 is 1.82 bits per heavy atom. The number of nitrogen functional groups attached to an aromatic ring is 1. The molecule has 1 aliphatic rings. The summed E-state index contributed by atoms with van der Waals surface area (Å²) in [6, 6.07) is 5.80. The molecule has 1 aliphatic heterocycles. The number of fused-ring (bicyclic) bond motifs is 1. The fraction of sp³-hybridized carbons (Fsp3) is 0.192. The van der Waals surface area contributed by atoms with Crippen molar-refractivity contribution in [1.29, 1.82) is 0 Å². The molecule has 12 heteroatoms. The molecular weight excluding hydrogens is 517 g/mol. The van der Waals surface area contributed by atoms with E-state index in [2.05, 4.69) is 26.2 Å². The van der Waals surface area contributed by atoms with E-state index in [1.807, 2.05) is 0 Å². The molecule has 2 aromatic carbocycles. The molecule has 0 spiro atoms. The van der Waals surface area contributed by atoms with Gasteiger partial charge in [-0.15, -0.1) is 0 Å². The van der Waals surface area contributed by atoms with Gasteiger partial charge in [-0.2, -0.15) is 4.36 Å². The monoisotopic (exact) mass is 540 g/mol. The van der Waals surface area contributed by atoms with Gasteiger partial charge < -0.3 is 15.6 Å². The Labute approximate surface area is 216 Å². The Bertz CT molecular complexity index is 1780. The zero-order valence-corrected chi connectivity index (χ0v) is 21.3. The molecule has 3 heterocycles. The van der Waals surface area contributed by atoms with Crippen LogP contribution in [0, 0.1) is 17.5 Å². The molecule has 38 heavy (non-hydrogen) atoms. The molecule has 0 bridgehead atoms. The third-order valence-electron chi connectivity index (χ3n) is 6.36. The van der Waals surface area contributed by atoms with Crippen LogP contribution in [0.25, 0.3) is 33.4 Å². The Hall–Kier alpha value is -4.19. The summed E-state index contributed by atoms with van der Waals surface area (Å²) in [4.78, 5) is 20.2. The molecule has 0 radical (unpaired) electrons. The van der Waals surface area contributed by atoms with Crippen LogP contribution in [-0.2, 0) is 21.6 Å². The molecular formula is C26H23F3N6O2S. The van der Waals surface area contributed by atoms with Crippen molar-refractivity contribution in [3.63, 3.8) is 0 Å². The zero-order valence-electron chi connectivity index (χ0n) is 20.5. The van der Waals surface area contributed by atoms with E-state index in [9.17, 15) is 9.00 Å². The number of amides is 1. The first-order valence-electron chi connectivity index (χ1n) is 11.6. The Balaban J connectivity index is 1.74. The molecule has 1 fully saturated rings. The van der Waals surface area contributed by atoms with Gasteiger partial charge in [0.2, 0.25) is 0 Å². The van der Waals surface area contributed by atoms with Crippen LogP contribution in [-0.4, -0.2) is 36.2 Å². The lowest BCUT2D eigenvalue weighted by atomic mass is 9.97. The molecule has 0 aliphatic carbocycles. The highest BCUT2D eigenvalue weighted by Gasteiger charge is 2.27. The number of aryl methyl sites for hydroxylation is 1. The minimum Gasteiger partial charge on any atom is -0.383 e. The van der Waals surface area contributed by atoms with Gasteiger partial charge in [-0.05, 0) is 37.6 Å². The molecule has 196 valence electrons. The highest BCUT2D eigenvalue weighted by Crippen LogP contribution is 2.44. The SMILES string of the molecule is C=C(C)C(=O)Nc1ccc(-c2c(-c3cc(F)c(N=S4(=O)CCC4)cc3F)c3c(N)ncnc3n2C)c(F)c1. The van der Waals surface area contributed by atoms with E-state index >= 15 is 13.2 Å². The number of rotatable bonds is 5. The molecule has 4 aromatic rings. The van der Waals surface area contributed by atoms with Crippen molar-refractivity contribution in [3.8, 4) is 22.4 Å². The van der Waals surface area contributed by atoms with Crippen LogP contribution in [0.3, 0.4) is 0 Å². The molecule has 0 saturated carbocycles. The summed E-state index contributed by atoms with van der Waals surface area (Å²) in [5, 5.41) is 2.74. The Kier molecular flexibility index (Phi) is 6.22. The first kappa shape index (κ1) is 25.5. The average molecular weight is 541 g/mol. The van der Waals surface area contributed by atoms with Gasteiger partial charge in [0.1, 0.15) is 40.9 Å². The van der Waals surface area contributed by atoms with Gasteiger partial charge in [0.15, 0.2) is 0 Å². The number of hydrogen-bond donors (Lipinski definition) is 2. The lowest BCUT2D eigenvalue weighted by molar-refractivity contribution is -0.112. The second kappa shape index (κ2) is 9.28. The van der Waals surface area contributed by atoms with Crippen molar-refractivity contribution in [3.05, 3.63) is 66.3 Å². The summed E-state index contributed by atoms with van der Waals surface area (Å²) in [6.45, 7) is 5.07. The summed E-state index contributed by atoms with van der Waals surface area (Å²) in [7, 11) is -0.996. The number of benzene rings is 2. The number of halogens is 3. The summed E-state index contributed by atoms with van der Waals surface area (Å²) in [6.07, 6.45) is 1.93. The fourth-order valence-electron chi connectivity index (χ4n) is 4.34. The van der Waals surface area contributed by atoms with Gasteiger partial charge in [0, 0.05) is 52.6 Å². The van der Waals surface area contributed by atoms with Gasteiger partial charge in [-0.1, -0.05) is 6.58 Å². The Morgan fingerprint density at radius 3 is 2.45 bits per heavy atom. The fourth-order valence-corrected chi connectivity index (χ4v) is 5.80. The van der Waals surface area contributed by atoms with Crippen LogP contribution in [0.4, 0.5) is 30.4 Å². The standard InChI is InChI=1S/C26H23F3N6O2S/c1-13(2)26(36)33-14-5-6-15(17(27)9-14)23-21(22-24(30)31-12-32-25(22)35(23)3)16-10-19(29)20(11-18(16)28)34-38(37)7-4-8-38/h5-6,9-12H,1,4,7-8H2,2-3H3,(H,33,36)(H2,30,31,32). The minimum absolute atomic E-state index is 0.0106. The maximum Gasteiger partial charge on any atom is 0.250 e. The van der Waals surface area contributed by atoms with Gasteiger partial charge in [-0.3, -0.25) is 4.79 Å². The van der Waals surface area contributed by atoms with Crippen molar-refractivity contribution < 1.29 is 22.2 Å². The van der Waals surface area contributed by atoms with Crippen LogP contribution in [0.2, 0.25) is 0 Å². The van der Waals surface area contributed by atoms with Crippen molar-refractivity contribution in [2.75, 3.05) is 22.6 Å². The topological polar surface area (TPSA) is 115 Å². The van der Waals surface area contributed by atoms with E-state index in [1.165, 1.54) is 30.0 Å². The van der Waals surface area contributed by atoms with E-state index < -0.39 is 33.1 Å². The zero-order chi connectivity index (χ0) is 27.4. The summed E-state index contributed by atoms with van der Waals surface area (Å²) >= 11 is 0. The second-order valence-electron chi connectivity index (χ2n) is 9.08. The van der Waals surface area contributed by atoms with Crippen LogP contribution in [0.15, 0.2) is 53.2 Å². The number of anilines is 2. The third-order valence-corrected chi connectivity index (χ3v) is 8.75. The number of nitrogens with one attached hydrogen (secondary N) is 1. The van der Waals surface area contributed by atoms with Gasteiger partial charge in [0.25, 0.3) is 5.91 Å². The first-order chi connectivity index (χ1) is 18.0. The quantitative estimate of drug-likeness (QED) is 0.333. The van der Waals surface area contributed by atoms with Crippen LogP contribution in [0.1, 0.15) is 13.3 Å². The molecule has 1 amide bonds. The number of carbonyl (C=O) groups is 1. The number of hydrogen-bond acceptors (Lipinski definition) is 6. The summed E-state index contributed by atoms with van der Waals surface area (Å²) in [5.74, 6) is -2.31. The van der Waals surface area contributed by atoms with Gasteiger partial charge >= 0.3 is 0 Å². The van der Waals surface area contributed by atoms with Crippen molar-refractivity contribution in [2.45, 2.75) is 13.3 Å². The Morgan fingerprint density at radius 1 is 1.11 bits per heavy atom. The van der Waals surface area contributed by atoms with Crippen molar-refractivity contribution in [2.24, 2.45) is 11.4 Å². The first-order valence-corrected chi connectivity index (χ1v) is 13.4. The maximum atomic E-state index is 15.6. The largest absolute Gasteiger partial charge is 0.383 e. The predicted molar refractivity (Wildman–Crippen MR) is 142 cm³/mol. The van der Waals surface area contributed by atoms with Crippen molar-refractivity contribution >= 4 is 43.9 Å². The van der Waals surface area contributed by atoms with Crippen LogP contribution in [0.5, 0.6) is 0 Å². The van der Waals surface area contributed by atoms with E-state index in [1.54, 1.807) is 7.05 Å². The number of nitrogens with two attached hydrogens (primary N) is 1. The van der Waals surface area contributed by atoms with E-state index in [0.29, 0.717) is 17.9 Å². The third kappa shape index (κ3) is 4.30. The number of carbonyl (C=O) groups excluding carboxylic acids is 1. The molecule has 1 saturated heterocycles. The molecule has 3 N–H and O–H groups in total. The van der Waals surface area contributed by atoms with Crippen LogP contribution >= 0.6 is 0 Å². The maximum absolute atomic E-state index is 15.6. The lowest BCUT2D eigenvalue weighted by Gasteiger charge is -2.18. The van der Waals surface area contributed by atoms with Gasteiger partial charge in [0.05, 0.1) is 20.8 Å². The molecule has 8 nitrogen and oxygen atoms in total. The second-order valence-corrected chi connectivity index (χ2v) is 11.6. The minimum atomic E-state index is -2.58. The summed E-state index contributed by atoms with van der Waals surface area (Å²) in [5.41, 5.74) is 6.55. The van der Waals surface area contributed by atoms with E-state index in [4.69, 9.17) is 5.73 Å².